The highest BCUT2D eigenvalue weighted by molar-refractivity contribution is 5.87. The fraction of sp³-hybridized carbons (Fsp3) is 0.984. The predicted molar refractivity (Wildman–Crippen MR) is 311 cm³/mol. The summed E-state index contributed by atoms with van der Waals surface area (Å²) in [6.07, 6.45) is -48.7. The number of aliphatic hydroxyl groups is 20. The third-order valence-corrected chi connectivity index (χ3v) is 23.8. The molecule has 34 nitrogen and oxygen atoms in total. The molecule has 20 N–H and O–H groups in total. The number of Topliss-reactive ketones (excluding diaryl/α,β-unsaturated/α-hetero) is 1. The van der Waals surface area contributed by atoms with Gasteiger partial charge in [0.15, 0.2) is 43.5 Å². The first-order chi connectivity index (χ1) is 45.5. The van der Waals surface area contributed by atoms with Crippen molar-refractivity contribution in [3.05, 3.63) is 0 Å². The SMILES string of the molecule is C[C@@H](CC[C@@]1(O)O[C@H]2C[C@H]3[C@@H]4CCC5C[C@@H](O[C@@H]6O[C@H](CO)[C@H](O[C@@H]7O[C@H](CO)[C@@H](O)[C@H](O[C@@H]8OC[C@@H](O)[C@H](O)[C@H]8O)[C@H]7O[C@@H]7O[C@H](CO)[C@@H](O)[C@H](O[C@@H]8O[C@H](CO)[C@@H](O)[C@H](O)[C@H]8O)[C@H]7O)[C@H](O)[C@H]6O)CC[C@]5(C)[C@H]4CC(=O)[C@]3(C)[C@H]2[C@@H]1C)CO[C@@H]1O[C@H](CO)[C@@H](O)[C@H](O)[C@H]1O. The highest BCUT2D eigenvalue weighted by Crippen LogP contribution is 2.70. The molecule has 4 saturated carbocycles. The smallest absolute Gasteiger partial charge is 0.187 e. The molecule has 41 atom stereocenters. The van der Waals surface area contributed by atoms with Crippen molar-refractivity contribution < 1.29 is 169 Å². The van der Waals surface area contributed by atoms with E-state index >= 15 is 0 Å². The van der Waals surface area contributed by atoms with Gasteiger partial charge in [0.2, 0.25) is 0 Å². The van der Waals surface area contributed by atoms with Gasteiger partial charge in [-0.05, 0) is 80.0 Å². The number of carbonyl (C=O) groups is 1. The molecule has 1 unspecified atom stereocenters. The first kappa shape index (κ1) is 75.5. The zero-order valence-corrected chi connectivity index (χ0v) is 53.9. The molecule has 11 aliphatic rings. The van der Waals surface area contributed by atoms with Gasteiger partial charge < -0.3 is 164 Å². The largest absolute Gasteiger partial charge is 0.394 e. The van der Waals surface area contributed by atoms with Crippen molar-refractivity contribution in [2.24, 2.45) is 52.3 Å². The third kappa shape index (κ3) is 13.8. The summed E-state index contributed by atoms with van der Waals surface area (Å²) in [6.45, 7) is 3.16. The molecule has 0 aromatic carbocycles. The third-order valence-electron chi connectivity index (χ3n) is 23.8. The quantitative estimate of drug-likeness (QED) is 0.0475. The summed E-state index contributed by atoms with van der Waals surface area (Å²) in [6, 6.07) is 0. The summed E-state index contributed by atoms with van der Waals surface area (Å²) >= 11 is 0. The highest BCUT2D eigenvalue weighted by atomic mass is 16.8. The Bertz CT molecular complexity index is 2550. The molecule has 7 aliphatic heterocycles. The number of hydrogen-bond acceptors (Lipinski definition) is 34. The van der Waals surface area contributed by atoms with Gasteiger partial charge >= 0.3 is 0 Å². The molecule has 0 bridgehead atoms. The molecule has 96 heavy (non-hydrogen) atoms. The van der Waals surface area contributed by atoms with Gasteiger partial charge in [-0.3, -0.25) is 4.79 Å². The number of hydrogen-bond donors (Lipinski definition) is 20. The van der Waals surface area contributed by atoms with E-state index in [1.165, 1.54) is 0 Å². The van der Waals surface area contributed by atoms with Gasteiger partial charge in [-0.1, -0.05) is 27.7 Å². The van der Waals surface area contributed by atoms with Crippen molar-refractivity contribution in [2.75, 3.05) is 46.2 Å². The van der Waals surface area contributed by atoms with Gasteiger partial charge in [-0.25, -0.2) is 0 Å². The molecule has 0 radical (unpaired) electrons. The van der Waals surface area contributed by atoms with E-state index in [9.17, 15) is 107 Å². The van der Waals surface area contributed by atoms with Gasteiger partial charge in [0.1, 0.15) is 146 Å². The van der Waals surface area contributed by atoms with Crippen LogP contribution in [0.15, 0.2) is 0 Å². The Morgan fingerprint density at radius 1 is 0.510 bits per heavy atom. The molecule has 7 heterocycles. The average Bonchev–Trinajstić information content (AvgIpc) is 1.51. The zero-order valence-electron chi connectivity index (χ0n) is 53.9. The Hall–Kier alpha value is -1.65. The van der Waals surface area contributed by atoms with Crippen LogP contribution < -0.4 is 0 Å². The summed E-state index contributed by atoms with van der Waals surface area (Å²) in [7, 11) is 0. The molecule has 0 aromatic rings. The molecular weight excluding hydrogens is 1290 g/mol. The minimum atomic E-state index is -2.22. The van der Waals surface area contributed by atoms with Gasteiger partial charge in [0, 0.05) is 30.1 Å². The summed E-state index contributed by atoms with van der Waals surface area (Å²) in [5.41, 5.74) is -1.08. The molecule has 11 rings (SSSR count). The average molecular weight is 1390 g/mol. The molecule has 0 spiro atoms. The number of fused-ring (bicyclic) bond motifs is 7. The van der Waals surface area contributed by atoms with Crippen molar-refractivity contribution in [3.8, 4) is 0 Å². The number of carbonyl (C=O) groups excluding carboxylic acids is 1. The molecular formula is C62H102O34. The van der Waals surface area contributed by atoms with Crippen LogP contribution in [-0.4, -0.2) is 350 Å². The van der Waals surface area contributed by atoms with Gasteiger partial charge in [-0.15, -0.1) is 0 Å². The van der Waals surface area contributed by atoms with E-state index in [1.807, 2.05) is 20.8 Å². The minimum Gasteiger partial charge on any atom is -0.394 e. The van der Waals surface area contributed by atoms with Crippen LogP contribution in [0.4, 0.5) is 0 Å². The lowest BCUT2D eigenvalue weighted by atomic mass is 9.44. The van der Waals surface area contributed by atoms with Gasteiger partial charge in [-0.2, -0.15) is 0 Å². The summed E-state index contributed by atoms with van der Waals surface area (Å²) in [5, 5.41) is 217. The maximum Gasteiger partial charge on any atom is 0.187 e. The first-order valence-corrected chi connectivity index (χ1v) is 33.8. The topological polar surface area (TPSA) is 542 Å². The van der Waals surface area contributed by atoms with E-state index in [0.29, 0.717) is 38.5 Å². The van der Waals surface area contributed by atoms with E-state index in [0.717, 1.165) is 12.8 Å². The standard InChI is InChI=1S/C62H102O34/c1-21(19-84-54-46(79)42(75)38(71)30(14-63)87-54)7-10-62(83)22(2)36-29(96-62)12-27-25-6-5-23-11-24(8-9-60(23,3)26(25)13-35(69)61(27,36)4)86-56-48(81)44(77)50(34(18-67)91-56)92-59-53(52(41(74)33(17-66)90-59)94-55-45(78)37(70)28(68)20-85-55)95-58-49(82)51(40(73)32(16-65)89-58)93-57-47(80)43(76)39(72)31(15-64)88-57/h21-34,36-59,63-68,70-83H,5-20H2,1-4H3/t21-,22-,23?,24-,25+,26-,27-,28+,29-,30+,31+,32+,33+,34+,36-,37-,38+,39+,40+,41+,42-,43-,44+,45+,46+,47+,48+,49+,50-,51-,52-,53+,54+,55-,56+,57-,58-,59-,60-,61+,62+/m0/s1. The van der Waals surface area contributed by atoms with Gasteiger partial charge in [0.25, 0.3) is 0 Å². The Morgan fingerprint density at radius 3 is 1.66 bits per heavy atom. The lowest BCUT2D eigenvalue weighted by Crippen LogP contribution is -2.69. The normalized spacial score (nSPS) is 54.8. The number of ketones is 1. The van der Waals surface area contributed by atoms with E-state index < -0.39 is 241 Å². The second-order valence-corrected chi connectivity index (χ2v) is 29.3. The highest BCUT2D eigenvalue weighted by Gasteiger charge is 2.71. The first-order valence-electron chi connectivity index (χ1n) is 33.8. The van der Waals surface area contributed by atoms with Crippen LogP contribution in [0.25, 0.3) is 0 Å². The zero-order chi connectivity index (χ0) is 69.5. The molecule has 7 saturated heterocycles. The second kappa shape index (κ2) is 30.2. The minimum absolute atomic E-state index is 0.0113. The predicted octanol–water partition coefficient (Wildman–Crippen LogP) is -8.49. The van der Waals surface area contributed by atoms with Crippen LogP contribution in [0.3, 0.4) is 0 Å². The van der Waals surface area contributed by atoms with Crippen molar-refractivity contribution in [1.82, 2.24) is 0 Å². The summed E-state index contributed by atoms with van der Waals surface area (Å²) in [5.74, 6) is -2.01. The van der Waals surface area contributed by atoms with E-state index in [4.69, 9.17) is 61.6 Å². The lowest BCUT2D eigenvalue weighted by Gasteiger charge is -2.60. The van der Waals surface area contributed by atoms with Crippen LogP contribution >= 0.6 is 0 Å². The van der Waals surface area contributed by atoms with Crippen molar-refractivity contribution in [2.45, 2.75) is 282 Å². The molecule has 34 heteroatoms. The monoisotopic (exact) mass is 1390 g/mol. The van der Waals surface area contributed by atoms with Crippen molar-refractivity contribution in [1.29, 1.82) is 0 Å². The molecule has 11 fully saturated rings. The maximum absolute atomic E-state index is 14.9. The molecule has 4 aliphatic carbocycles. The number of ether oxygens (including phenoxy) is 13. The van der Waals surface area contributed by atoms with Gasteiger partial charge in [0.05, 0.1) is 58.5 Å². The van der Waals surface area contributed by atoms with Crippen LogP contribution in [0, 0.1) is 52.3 Å². The molecule has 0 aromatic heterocycles. The Kier molecular flexibility index (Phi) is 23.8. The van der Waals surface area contributed by atoms with E-state index in [1.54, 1.807) is 0 Å². The van der Waals surface area contributed by atoms with Crippen LogP contribution in [0.5, 0.6) is 0 Å². The Balaban J connectivity index is 0.742. The molecule has 0 amide bonds. The van der Waals surface area contributed by atoms with E-state index in [2.05, 4.69) is 6.92 Å². The second-order valence-electron chi connectivity index (χ2n) is 29.3. The fourth-order valence-corrected chi connectivity index (χ4v) is 18.0. The Labute approximate surface area is 552 Å². The summed E-state index contributed by atoms with van der Waals surface area (Å²) < 4.78 is 77.6. The lowest BCUT2D eigenvalue weighted by molar-refractivity contribution is -0.409. The van der Waals surface area contributed by atoms with Crippen LogP contribution in [0.2, 0.25) is 0 Å². The Morgan fingerprint density at radius 2 is 1.02 bits per heavy atom. The molecule has 554 valence electrons. The van der Waals surface area contributed by atoms with Crippen LogP contribution in [0.1, 0.15) is 85.5 Å². The number of aliphatic hydroxyl groups excluding tert-OH is 19. The fourth-order valence-electron chi connectivity index (χ4n) is 18.0. The van der Waals surface area contributed by atoms with E-state index in [-0.39, 0.29) is 65.8 Å². The van der Waals surface area contributed by atoms with Crippen molar-refractivity contribution >= 4 is 5.78 Å². The number of rotatable bonds is 21. The van der Waals surface area contributed by atoms with Crippen LogP contribution in [-0.2, 0) is 66.4 Å². The maximum atomic E-state index is 14.9. The summed E-state index contributed by atoms with van der Waals surface area (Å²) in [4.78, 5) is 14.9. The van der Waals surface area contributed by atoms with Crippen molar-refractivity contribution in [3.63, 3.8) is 0 Å².